The quantitative estimate of drug-likeness (QED) is 0.633. The molecular weight excluding hydrogens is 219 g/mol. The number of nitrogens with zero attached hydrogens (tertiary/aromatic N) is 1. The fraction of sp³-hybridized carbons (Fsp3) is 0.538. The minimum Gasteiger partial charge on any atom is -0.324 e. The minimum absolute atomic E-state index is 0.0420. The molecule has 0 radical (unpaired) electrons. The van der Waals surface area contributed by atoms with Crippen molar-refractivity contribution in [2.24, 2.45) is 5.92 Å². The number of carbonyl (C=O) groups is 1. The molecule has 1 aliphatic rings. The molecule has 17 heavy (non-hydrogen) atoms. The molecule has 1 N–H and O–H groups in total. The summed E-state index contributed by atoms with van der Waals surface area (Å²) in [6.45, 7) is 0. The highest BCUT2D eigenvalue weighted by Crippen LogP contribution is 2.24. The summed E-state index contributed by atoms with van der Waals surface area (Å²) in [5, 5.41) is 2.80. The first-order chi connectivity index (χ1) is 8.25. The molecule has 0 aromatic carbocycles. The van der Waals surface area contributed by atoms with Crippen molar-refractivity contribution in [2.45, 2.75) is 38.5 Å². The Morgan fingerprint density at radius 3 is 2.53 bits per heavy atom. The highest BCUT2D eigenvalue weighted by molar-refractivity contribution is 5.92. The minimum atomic E-state index is -0.530. The van der Waals surface area contributed by atoms with E-state index in [1.165, 1.54) is 31.2 Å². The first-order valence-corrected chi connectivity index (χ1v) is 6.18. The van der Waals surface area contributed by atoms with Crippen LogP contribution in [0.2, 0.25) is 0 Å². The number of anilines is 1. The third-order valence-electron chi connectivity index (χ3n) is 3.22. The molecule has 0 unspecified atom stereocenters. The van der Waals surface area contributed by atoms with Gasteiger partial charge in [-0.05, 0) is 25.0 Å². The monoisotopic (exact) mass is 236 g/mol. The number of carbonyl (C=O) groups excluding carboxylic acids is 1. The van der Waals surface area contributed by atoms with Gasteiger partial charge >= 0.3 is 0 Å². The molecule has 3 nitrogen and oxygen atoms in total. The van der Waals surface area contributed by atoms with E-state index >= 15 is 0 Å². The van der Waals surface area contributed by atoms with Gasteiger partial charge in [0.2, 0.25) is 11.9 Å². The molecule has 1 heterocycles. The third-order valence-corrected chi connectivity index (χ3v) is 3.22. The SMILES string of the molecule is O=C(Nc1ccc(F)nc1)C1CCCCCC1. The number of halogens is 1. The highest BCUT2D eigenvalue weighted by atomic mass is 19.1. The van der Waals surface area contributed by atoms with Crippen LogP contribution in [0.15, 0.2) is 18.3 Å². The summed E-state index contributed by atoms with van der Waals surface area (Å²) in [5.41, 5.74) is 0.570. The van der Waals surface area contributed by atoms with Crippen LogP contribution in [0.1, 0.15) is 38.5 Å². The maximum absolute atomic E-state index is 12.6. The van der Waals surface area contributed by atoms with E-state index < -0.39 is 5.95 Å². The molecule has 1 aromatic heterocycles. The predicted octanol–water partition coefficient (Wildman–Crippen LogP) is 3.13. The number of aromatic nitrogens is 1. The van der Waals surface area contributed by atoms with Crippen molar-refractivity contribution in [3.05, 3.63) is 24.3 Å². The van der Waals surface area contributed by atoms with Gasteiger partial charge in [0.25, 0.3) is 0 Å². The number of rotatable bonds is 2. The lowest BCUT2D eigenvalue weighted by atomic mass is 9.99. The maximum atomic E-state index is 12.6. The van der Waals surface area contributed by atoms with Gasteiger partial charge < -0.3 is 5.32 Å². The molecule has 2 rings (SSSR count). The second-order valence-electron chi connectivity index (χ2n) is 4.55. The number of amides is 1. The Hall–Kier alpha value is -1.45. The summed E-state index contributed by atoms with van der Waals surface area (Å²) in [5.74, 6) is -0.389. The van der Waals surface area contributed by atoms with Crippen LogP contribution >= 0.6 is 0 Å². The maximum Gasteiger partial charge on any atom is 0.227 e. The zero-order valence-corrected chi connectivity index (χ0v) is 9.79. The lowest BCUT2D eigenvalue weighted by Crippen LogP contribution is -2.22. The fourth-order valence-electron chi connectivity index (χ4n) is 2.24. The standard InChI is InChI=1S/C13H17FN2O/c14-12-8-7-11(9-15-12)16-13(17)10-5-3-1-2-4-6-10/h7-10H,1-6H2,(H,16,17). The van der Waals surface area contributed by atoms with Crippen molar-refractivity contribution in [3.63, 3.8) is 0 Å². The fourth-order valence-corrected chi connectivity index (χ4v) is 2.24. The smallest absolute Gasteiger partial charge is 0.227 e. The van der Waals surface area contributed by atoms with E-state index in [0.717, 1.165) is 25.7 Å². The molecule has 4 heteroatoms. The normalized spacial score (nSPS) is 17.5. The zero-order chi connectivity index (χ0) is 12.1. The van der Waals surface area contributed by atoms with E-state index in [0.29, 0.717) is 5.69 Å². The second-order valence-corrected chi connectivity index (χ2v) is 4.55. The molecule has 1 saturated carbocycles. The topological polar surface area (TPSA) is 42.0 Å². The highest BCUT2D eigenvalue weighted by Gasteiger charge is 2.19. The van der Waals surface area contributed by atoms with E-state index in [1.807, 2.05) is 0 Å². The van der Waals surface area contributed by atoms with Crippen LogP contribution in [-0.2, 0) is 4.79 Å². The van der Waals surface area contributed by atoms with Gasteiger partial charge in [-0.15, -0.1) is 0 Å². The van der Waals surface area contributed by atoms with Crippen molar-refractivity contribution < 1.29 is 9.18 Å². The van der Waals surface area contributed by atoms with Gasteiger partial charge in [-0.2, -0.15) is 4.39 Å². The number of hydrogen-bond donors (Lipinski definition) is 1. The summed E-state index contributed by atoms with van der Waals surface area (Å²) in [4.78, 5) is 15.5. The molecule has 0 bridgehead atoms. The zero-order valence-electron chi connectivity index (χ0n) is 9.79. The number of nitrogens with one attached hydrogen (secondary N) is 1. The molecule has 92 valence electrons. The van der Waals surface area contributed by atoms with Crippen LogP contribution in [0, 0.1) is 11.9 Å². The van der Waals surface area contributed by atoms with E-state index in [1.54, 1.807) is 0 Å². The van der Waals surface area contributed by atoms with Crippen LogP contribution in [-0.4, -0.2) is 10.9 Å². The molecule has 1 aromatic rings. The molecular formula is C13H17FN2O. The summed E-state index contributed by atoms with van der Waals surface area (Å²) in [6.07, 6.45) is 7.97. The molecule has 1 aliphatic carbocycles. The van der Waals surface area contributed by atoms with Gasteiger partial charge in [-0.1, -0.05) is 25.7 Å². The van der Waals surface area contributed by atoms with Crippen LogP contribution in [0.3, 0.4) is 0 Å². The first-order valence-electron chi connectivity index (χ1n) is 6.18. The van der Waals surface area contributed by atoms with Gasteiger partial charge in [0.05, 0.1) is 11.9 Å². The van der Waals surface area contributed by atoms with E-state index in [2.05, 4.69) is 10.3 Å². The lowest BCUT2D eigenvalue weighted by molar-refractivity contribution is -0.120. The molecule has 1 amide bonds. The summed E-state index contributed by atoms with van der Waals surface area (Å²) < 4.78 is 12.6. The van der Waals surface area contributed by atoms with Gasteiger partial charge in [-0.3, -0.25) is 4.79 Å². The van der Waals surface area contributed by atoms with E-state index in [9.17, 15) is 9.18 Å². The van der Waals surface area contributed by atoms with Gasteiger partial charge in [0, 0.05) is 5.92 Å². The molecule has 0 saturated heterocycles. The predicted molar refractivity (Wildman–Crippen MR) is 64.0 cm³/mol. The Morgan fingerprint density at radius 1 is 1.24 bits per heavy atom. The van der Waals surface area contributed by atoms with Crippen molar-refractivity contribution in [3.8, 4) is 0 Å². The first kappa shape index (κ1) is 12.0. The second kappa shape index (κ2) is 5.75. The van der Waals surface area contributed by atoms with Crippen LogP contribution < -0.4 is 5.32 Å². The van der Waals surface area contributed by atoms with Crippen molar-refractivity contribution in [1.29, 1.82) is 0 Å². The number of pyridine rings is 1. The van der Waals surface area contributed by atoms with Gasteiger partial charge in [-0.25, -0.2) is 4.98 Å². The largest absolute Gasteiger partial charge is 0.324 e. The van der Waals surface area contributed by atoms with Crippen LogP contribution in [0.25, 0.3) is 0 Å². The van der Waals surface area contributed by atoms with Crippen molar-refractivity contribution in [2.75, 3.05) is 5.32 Å². The average molecular weight is 236 g/mol. The van der Waals surface area contributed by atoms with E-state index in [4.69, 9.17) is 0 Å². The Balaban J connectivity index is 1.93. The Morgan fingerprint density at radius 2 is 1.94 bits per heavy atom. The van der Waals surface area contributed by atoms with Crippen molar-refractivity contribution >= 4 is 11.6 Å². The summed E-state index contributed by atoms with van der Waals surface area (Å²) >= 11 is 0. The van der Waals surface area contributed by atoms with Crippen LogP contribution in [0.4, 0.5) is 10.1 Å². The van der Waals surface area contributed by atoms with Crippen LogP contribution in [0.5, 0.6) is 0 Å². The average Bonchev–Trinajstić information content (AvgIpc) is 2.61. The Bertz CT molecular complexity index is 370. The van der Waals surface area contributed by atoms with Gasteiger partial charge in [0.15, 0.2) is 0 Å². The summed E-state index contributed by atoms with van der Waals surface area (Å²) in [6, 6.07) is 2.79. The Labute approximate surface area is 100 Å². The van der Waals surface area contributed by atoms with E-state index in [-0.39, 0.29) is 11.8 Å². The van der Waals surface area contributed by atoms with Gasteiger partial charge in [0.1, 0.15) is 0 Å². The summed E-state index contributed by atoms with van der Waals surface area (Å²) in [7, 11) is 0. The molecule has 1 fully saturated rings. The lowest BCUT2D eigenvalue weighted by Gasteiger charge is -2.13. The van der Waals surface area contributed by atoms with Crippen molar-refractivity contribution in [1.82, 2.24) is 4.98 Å². The molecule has 0 atom stereocenters. The number of hydrogen-bond acceptors (Lipinski definition) is 2. The Kier molecular flexibility index (Phi) is 4.07. The molecule has 0 spiro atoms. The third kappa shape index (κ3) is 3.51. The molecule has 0 aliphatic heterocycles.